The quantitative estimate of drug-likeness (QED) is 0.163. The average Bonchev–Trinajstić information content (AvgIpc) is 3.20. The molecule has 2 heteroatoms. The maximum Gasteiger partial charge on any atom is 0.0502 e. The molecule has 2 nitrogen and oxygen atoms in total. The summed E-state index contributed by atoms with van der Waals surface area (Å²) in [6.07, 6.45) is 2.33. The maximum atomic E-state index is 2.51. The van der Waals surface area contributed by atoms with Crippen molar-refractivity contribution in [3.05, 3.63) is 193 Å². The number of rotatable bonds is 7. The van der Waals surface area contributed by atoms with E-state index in [4.69, 9.17) is 0 Å². The van der Waals surface area contributed by atoms with Crippen LogP contribution in [0.3, 0.4) is 0 Å². The van der Waals surface area contributed by atoms with E-state index in [1.54, 1.807) is 0 Å². The van der Waals surface area contributed by atoms with Crippen LogP contribution >= 0.6 is 0 Å². The predicted octanol–water partition coefficient (Wildman–Crippen LogP) is 14.9. The van der Waals surface area contributed by atoms with Gasteiger partial charge in [0.2, 0.25) is 0 Å². The lowest BCUT2D eigenvalue weighted by Gasteiger charge is -2.44. The van der Waals surface area contributed by atoms with Gasteiger partial charge in [-0.2, -0.15) is 0 Å². The first-order valence-electron chi connectivity index (χ1n) is 19.2. The zero-order valence-corrected chi connectivity index (χ0v) is 31.6. The van der Waals surface area contributed by atoms with Crippen LogP contribution in [0.15, 0.2) is 182 Å². The standard InChI is InChI=1S/C52H46N2/c1-51(2)31-32-52(3,4)50-48(51)25-14-26-49(50)54(47-30-28-38-16-9-11-18-40(38)34-47)45-24-13-20-42(36-45)41-19-12-23-44(35-41)53(43-21-6-5-7-22-43)46-29-27-37-15-8-10-17-39(37)33-46/h5-30,33-36H,31-32H2,1-4H3. The molecule has 0 spiro atoms. The number of para-hydroxylation sites is 1. The summed E-state index contributed by atoms with van der Waals surface area (Å²) in [5, 5.41) is 4.95. The minimum atomic E-state index is 0.0339. The van der Waals surface area contributed by atoms with E-state index >= 15 is 0 Å². The Balaban J connectivity index is 1.20. The van der Waals surface area contributed by atoms with Crippen molar-refractivity contribution in [3.63, 3.8) is 0 Å². The molecule has 1 aliphatic rings. The van der Waals surface area contributed by atoms with Crippen LogP contribution in [0.2, 0.25) is 0 Å². The Morgan fingerprint density at radius 3 is 1.43 bits per heavy atom. The Morgan fingerprint density at radius 2 is 0.815 bits per heavy atom. The Bertz CT molecular complexity index is 2630. The molecule has 264 valence electrons. The predicted molar refractivity (Wildman–Crippen MR) is 232 cm³/mol. The lowest BCUT2D eigenvalue weighted by Crippen LogP contribution is -2.35. The van der Waals surface area contributed by atoms with Gasteiger partial charge in [-0.3, -0.25) is 0 Å². The highest BCUT2D eigenvalue weighted by Gasteiger charge is 2.39. The van der Waals surface area contributed by atoms with Gasteiger partial charge >= 0.3 is 0 Å². The van der Waals surface area contributed by atoms with Crippen LogP contribution < -0.4 is 9.80 Å². The summed E-state index contributed by atoms with van der Waals surface area (Å²) in [5.74, 6) is 0. The molecule has 0 saturated heterocycles. The maximum absolute atomic E-state index is 2.51. The number of hydrogen-bond donors (Lipinski definition) is 0. The average molecular weight is 699 g/mol. The molecule has 0 heterocycles. The topological polar surface area (TPSA) is 6.48 Å². The highest BCUT2D eigenvalue weighted by molar-refractivity contribution is 5.92. The lowest BCUT2D eigenvalue weighted by molar-refractivity contribution is 0.332. The molecule has 0 amide bonds. The molecule has 9 rings (SSSR count). The zero-order chi connectivity index (χ0) is 36.9. The van der Waals surface area contributed by atoms with Crippen LogP contribution in [-0.4, -0.2) is 0 Å². The van der Waals surface area contributed by atoms with Crippen LogP contribution in [-0.2, 0) is 10.8 Å². The van der Waals surface area contributed by atoms with Gasteiger partial charge < -0.3 is 9.80 Å². The zero-order valence-electron chi connectivity index (χ0n) is 31.6. The van der Waals surface area contributed by atoms with Crippen LogP contribution in [0.4, 0.5) is 34.1 Å². The van der Waals surface area contributed by atoms with Gasteiger partial charge in [0, 0.05) is 28.4 Å². The lowest BCUT2D eigenvalue weighted by atomic mass is 9.62. The van der Waals surface area contributed by atoms with Crippen molar-refractivity contribution in [1.29, 1.82) is 0 Å². The number of nitrogens with zero attached hydrogens (tertiary/aromatic N) is 2. The summed E-state index contributed by atoms with van der Waals surface area (Å²) in [5.41, 5.74) is 12.4. The molecule has 0 unspecified atom stereocenters. The fourth-order valence-electron chi connectivity index (χ4n) is 8.62. The van der Waals surface area contributed by atoms with Crippen molar-refractivity contribution in [2.24, 2.45) is 0 Å². The van der Waals surface area contributed by atoms with Gasteiger partial charge in [-0.05, 0) is 134 Å². The van der Waals surface area contributed by atoms with Gasteiger partial charge in [-0.1, -0.05) is 143 Å². The summed E-state index contributed by atoms with van der Waals surface area (Å²) >= 11 is 0. The third kappa shape index (κ3) is 6.12. The summed E-state index contributed by atoms with van der Waals surface area (Å²) in [7, 11) is 0. The molecule has 0 N–H and O–H groups in total. The molecular weight excluding hydrogens is 653 g/mol. The number of hydrogen-bond acceptors (Lipinski definition) is 2. The second kappa shape index (κ2) is 13.4. The Morgan fingerprint density at radius 1 is 0.352 bits per heavy atom. The number of fused-ring (bicyclic) bond motifs is 3. The van der Waals surface area contributed by atoms with Gasteiger partial charge in [0.05, 0.1) is 5.69 Å². The van der Waals surface area contributed by atoms with E-state index in [9.17, 15) is 0 Å². The van der Waals surface area contributed by atoms with Gasteiger partial charge in [0.15, 0.2) is 0 Å². The molecule has 0 aliphatic heterocycles. The molecule has 8 aromatic rings. The highest BCUT2D eigenvalue weighted by atomic mass is 15.2. The Hall–Kier alpha value is -6.12. The van der Waals surface area contributed by atoms with Crippen molar-refractivity contribution in [3.8, 4) is 11.1 Å². The number of benzene rings is 8. The Labute approximate surface area is 320 Å². The van der Waals surface area contributed by atoms with Crippen molar-refractivity contribution < 1.29 is 0 Å². The number of anilines is 6. The highest BCUT2D eigenvalue weighted by Crippen LogP contribution is 2.52. The SMILES string of the molecule is CC1(C)CCC(C)(C)c2c(N(c3cccc(-c4cccc(N(c5ccccc5)c5ccc6ccccc6c5)c4)c3)c3ccc4ccccc4c3)cccc21. The largest absolute Gasteiger partial charge is 0.310 e. The molecular formula is C52H46N2. The first-order chi connectivity index (χ1) is 26.2. The minimum Gasteiger partial charge on any atom is -0.310 e. The van der Waals surface area contributed by atoms with Gasteiger partial charge in [-0.15, -0.1) is 0 Å². The second-order valence-corrected chi connectivity index (χ2v) is 16.1. The summed E-state index contributed by atoms with van der Waals surface area (Å²) < 4.78 is 0. The van der Waals surface area contributed by atoms with E-state index in [-0.39, 0.29) is 10.8 Å². The molecule has 54 heavy (non-hydrogen) atoms. The van der Waals surface area contributed by atoms with Crippen LogP contribution in [0.25, 0.3) is 32.7 Å². The molecule has 0 saturated carbocycles. The Kier molecular flexibility index (Phi) is 8.35. The van der Waals surface area contributed by atoms with Crippen LogP contribution in [0, 0.1) is 0 Å². The molecule has 1 aliphatic carbocycles. The monoisotopic (exact) mass is 698 g/mol. The van der Waals surface area contributed by atoms with Gasteiger partial charge in [0.25, 0.3) is 0 Å². The van der Waals surface area contributed by atoms with Crippen molar-refractivity contribution in [2.75, 3.05) is 9.80 Å². The van der Waals surface area contributed by atoms with E-state index in [1.807, 2.05) is 0 Å². The molecule has 0 radical (unpaired) electrons. The first kappa shape index (κ1) is 33.7. The summed E-state index contributed by atoms with van der Waals surface area (Å²) in [6.45, 7) is 9.68. The first-order valence-corrected chi connectivity index (χ1v) is 19.2. The molecule has 0 bridgehead atoms. The van der Waals surface area contributed by atoms with Crippen LogP contribution in [0.5, 0.6) is 0 Å². The smallest absolute Gasteiger partial charge is 0.0502 e. The van der Waals surface area contributed by atoms with E-state index in [0.717, 1.165) is 29.2 Å². The van der Waals surface area contributed by atoms with Crippen LogP contribution in [0.1, 0.15) is 51.7 Å². The molecule has 0 fully saturated rings. The second-order valence-electron chi connectivity index (χ2n) is 16.1. The normalized spacial score (nSPS) is 14.4. The minimum absolute atomic E-state index is 0.0339. The van der Waals surface area contributed by atoms with Crippen molar-refractivity contribution in [2.45, 2.75) is 51.4 Å². The summed E-state index contributed by atoms with van der Waals surface area (Å²) in [4.78, 5) is 4.87. The van der Waals surface area contributed by atoms with Gasteiger partial charge in [0.1, 0.15) is 0 Å². The molecule has 8 aromatic carbocycles. The van der Waals surface area contributed by atoms with E-state index in [0.29, 0.717) is 0 Å². The van der Waals surface area contributed by atoms with Crippen molar-refractivity contribution >= 4 is 55.7 Å². The molecule has 0 aromatic heterocycles. The fourth-order valence-corrected chi connectivity index (χ4v) is 8.62. The molecule has 0 atom stereocenters. The van der Waals surface area contributed by atoms with E-state index in [1.165, 1.54) is 61.6 Å². The third-order valence-electron chi connectivity index (χ3n) is 11.6. The van der Waals surface area contributed by atoms with E-state index < -0.39 is 0 Å². The third-order valence-corrected chi connectivity index (χ3v) is 11.6. The summed E-state index contributed by atoms with van der Waals surface area (Å²) in [6, 6.07) is 66.6. The van der Waals surface area contributed by atoms with E-state index in [2.05, 4.69) is 219 Å². The van der Waals surface area contributed by atoms with Crippen molar-refractivity contribution in [1.82, 2.24) is 0 Å². The van der Waals surface area contributed by atoms with Gasteiger partial charge in [-0.25, -0.2) is 0 Å². The fraction of sp³-hybridized carbons (Fsp3) is 0.154.